The van der Waals surface area contributed by atoms with Crippen LogP contribution in [0.5, 0.6) is 0 Å². The second-order valence-corrected chi connectivity index (χ2v) is 6.54. The third-order valence-electron chi connectivity index (χ3n) is 3.27. The van der Waals surface area contributed by atoms with Crippen molar-refractivity contribution in [1.82, 2.24) is 5.32 Å². The Morgan fingerprint density at radius 2 is 1.81 bits per heavy atom. The van der Waals surface area contributed by atoms with E-state index >= 15 is 0 Å². The maximum atomic E-state index is 3.33. The van der Waals surface area contributed by atoms with Gasteiger partial charge in [0.15, 0.2) is 0 Å². The van der Waals surface area contributed by atoms with Gasteiger partial charge in [0, 0.05) is 16.2 Å². The molecule has 0 radical (unpaired) electrons. The number of hydrogen-bond donors (Lipinski definition) is 1. The molecule has 1 fully saturated rings. The van der Waals surface area contributed by atoms with Crippen molar-refractivity contribution in [1.29, 1.82) is 0 Å². The number of hydrogen-bond acceptors (Lipinski definition) is 2. The van der Waals surface area contributed by atoms with Gasteiger partial charge in [-0.05, 0) is 43.5 Å². The van der Waals surface area contributed by atoms with E-state index in [2.05, 4.69) is 50.5 Å². The van der Waals surface area contributed by atoms with E-state index in [-0.39, 0.29) is 0 Å². The van der Waals surface area contributed by atoms with Crippen LogP contribution in [0.4, 0.5) is 0 Å². The lowest BCUT2D eigenvalue weighted by atomic mass is 9.76. The Labute approximate surface area is 103 Å². The standard InChI is InChI=1S/C14H21NS/c1-10(2)16-14-6-4-11(5-7-14)12-8-13(9-12)15-3/h4-7,10,12-13,15H,8-9H2,1-3H3. The van der Waals surface area contributed by atoms with Crippen LogP contribution in [-0.4, -0.2) is 18.3 Å². The predicted octanol–water partition coefficient (Wildman–Crippen LogP) is 3.65. The van der Waals surface area contributed by atoms with Crippen LogP contribution in [0.1, 0.15) is 38.2 Å². The van der Waals surface area contributed by atoms with Crippen LogP contribution in [0.25, 0.3) is 0 Å². The van der Waals surface area contributed by atoms with Crippen LogP contribution in [0.2, 0.25) is 0 Å². The highest BCUT2D eigenvalue weighted by Crippen LogP contribution is 2.37. The third kappa shape index (κ3) is 2.80. The molecule has 0 aromatic heterocycles. The summed E-state index contributed by atoms with van der Waals surface area (Å²) < 4.78 is 0. The molecule has 0 spiro atoms. The average Bonchev–Trinajstić information content (AvgIpc) is 2.18. The van der Waals surface area contributed by atoms with E-state index in [1.165, 1.54) is 23.3 Å². The van der Waals surface area contributed by atoms with Gasteiger partial charge in [-0.1, -0.05) is 26.0 Å². The zero-order chi connectivity index (χ0) is 11.5. The molecule has 16 heavy (non-hydrogen) atoms. The summed E-state index contributed by atoms with van der Waals surface area (Å²) in [4.78, 5) is 1.39. The van der Waals surface area contributed by atoms with E-state index < -0.39 is 0 Å². The Morgan fingerprint density at radius 1 is 1.19 bits per heavy atom. The molecule has 88 valence electrons. The van der Waals surface area contributed by atoms with Gasteiger partial charge in [-0.15, -0.1) is 11.8 Å². The molecule has 1 aliphatic carbocycles. The number of rotatable bonds is 4. The van der Waals surface area contributed by atoms with Crippen LogP contribution in [0, 0.1) is 0 Å². The van der Waals surface area contributed by atoms with E-state index in [0.29, 0.717) is 5.25 Å². The van der Waals surface area contributed by atoms with Gasteiger partial charge in [-0.25, -0.2) is 0 Å². The number of nitrogens with one attached hydrogen (secondary N) is 1. The van der Waals surface area contributed by atoms with Gasteiger partial charge >= 0.3 is 0 Å². The van der Waals surface area contributed by atoms with Gasteiger partial charge < -0.3 is 5.32 Å². The minimum Gasteiger partial charge on any atom is -0.317 e. The molecule has 2 rings (SSSR count). The minimum atomic E-state index is 0.670. The van der Waals surface area contributed by atoms with E-state index in [4.69, 9.17) is 0 Å². The molecule has 0 unspecified atom stereocenters. The van der Waals surface area contributed by atoms with Gasteiger partial charge in [0.25, 0.3) is 0 Å². The fourth-order valence-corrected chi connectivity index (χ4v) is 3.05. The largest absolute Gasteiger partial charge is 0.317 e. The van der Waals surface area contributed by atoms with E-state index in [1.54, 1.807) is 0 Å². The molecule has 1 nitrogen and oxygen atoms in total. The van der Waals surface area contributed by atoms with Crippen LogP contribution in [0.15, 0.2) is 29.2 Å². The first-order valence-electron chi connectivity index (χ1n) is 6.13. The highest BCUT2D eigenvalue weighted by molar-refractivity contribution is 7.99. The molecule has 0 amide bonds. The highest BCUT2D eigenvalue weighted by atomic mass is 32.2. The van der Waals surface area contributed by atoms with Crippen molar-refractivity contribution >= 4 is 11.8 Å². The summed E-state index contributed by atoms with van der Waals surface area (Å²) in [6, 6.07) is 9.90. The summed E-state index contributed by atoms with van der Waals surface area (Å²) in [5.41, 5.74) is 1.51. The maximum absolute atomic E-state index is 3.33. The van der Waals surface area contributed by atoms with Crippen LogP contribution in [0.3, 0.4) is 0 Å². The fourth-order valence-electron chi connectivity index (χ4n) is 2.22. The molecule has 0 bridgehead atoms. The Bertz CT molecular complexity index is 325. The monoisotopic (exact) mass is 235 g/mol. The molecule has 1 aliphatic rings. The van der Waals surface area contributed by atoms with Gasteiger partial charge in [0.05, 0.1) is 0 Å². The average molecular weight is 235 g/mol. The second-order valence-electron chi connectivity index (χ2n) is 4.89. The molecule has 1 N–H and O–H groups in total. The first kappa shape index (κ1) is 12.0. The van der Waals surface area contributed by atoms with Crippen LogP contribution < -0.4 is 5.32 Å². The molecule has 1 aromatic rings. The van der Waals surface area contributed by atoms with Crippen molar-refractivity contribution in [3.63, 3.8) is 0 Å². The van der Waals surface area contributed by atoms with E-state index in [1.807, 2.05) is 11.8 Å². The van der Waals surface area contributed by atoms with Crippen molar-refractivity contribution in [2.75, 3.05) is 7.05 Å². The normalized spacial score (nSPS) is 24.5. The SMILES string of the molecule is CNC1CC(c2ccc(SC(C)C)cc2)C1. The molecular formula is C14H21NS. The first-order chi connectivity index (χ1) is 7.69. The summed E-state index contributed by atoms with van der Waals surface area (Å²) in [6.07, 6.45) is 2.60. The topological polar surface area (TPSA) is 12.0 Å². The van der Waals surface area contributed by atoms with Gasteiger partial charge in [0.1, 0.15) is 0 Å². The van der Waals surface area contributed by atoms with Gasteiger partial charge in [-0.3, -0.25) is 0 Å². The van der Waals surface area contributed by atoms with Crippen molar-refractivity contribution in [2.24, 2.45) is 0 Å². The second kappa shape index (κ2) is 5.24. The maximum Gasteiger partial charge on any atom is 0.00757 e. The third-order valence-corrected chi connectivity index (χ3v) is 4.29. The van der Waals surface area contributed by atoms with Crippen molar-refractivity contribution in [2.45, 2.75) is 48.8 Å². The summed E-state index contributed by atoms with van der Waals surface area (Å²) in [5.74, 6) is 0.788. The Morgan fingerprint density at radius 3 is 2.31 bits per heavy atom. The van der Waals surface area contributed by atoms with E-state index in [9.17, 15) is 0 Å². The van der Waals surface area contributed by atoms with Gasteiger partial charge in [0.2, 0.25) is 0 Å². The van der Waals surface area contributed by atoms with Crippen LogP contribution in [-0.2, 0) is 0 Å². The van der Waals surface area contributed by atoms with Gasteiger partial charge in [-0.2, -0.15) is 0 Å². The number of benzene rings is 1. The Kier molecular flexibility index (Phi) is 3.93. The zero-order valence-corrected chi connectivity index (χ0v) is 11.2. The molecular weight excluding hydrogens is 214 g/mol. The summed E-state index contributed by atoms with van der Waals surface area (Å²) >= 11 is 1.94. The quantitative estimate of drug-likeness (QED) is 0.799. The first-order valence-corrected chi connectivity index (χ1v) is 7.01. The molecule has 2 heteroatoms. The van der Waals surface area contributed by atoms with Crippen LogP contribution >= 0.6 is 11.8 Å². The molecule has 1 saturated carbocycles. The number of thioether (sulfide) groups is 1. The zero-order valence-electron chi connectivity index (χ0n) is 10.4. The lowest BCUT2D eigenvalue weighted by Crippen LogP contribution is -2.37. The summed E-state index contributed by atoms with van der Waals surface area (Å²) in [5, 5.41) is 4.00. The molecule has 0 aliphatic heterocycles. The lowest BCUT2D eigenvalue weighted by Gasteiger charge is -2.35. The summed E-state index contributed by atoms with van der Waals surface area (Å²) in [7, 11) is 2.06. The summed E-state index contributed by atoms with van der Waals surface area (Å²) in [6.45, 7) is 4.48. The minimum absolute atomic E-state index is 0.670. The van der Waals surface area contributed by atoms with E-state index in [0.717, 1.165) is 12.0 Å². The Hall–Kier alpha value is -0.470. The molecule has 0 saturated heterocycles. The van der Waals surface area contributed by atoms with Crippen molar-refractivity contribution in [3.05, 3.63) is 29.8 Å². The molecule has 1 aromatic carbocycles. The smallest absolute Gasteiger partial charge is 0.00757 e. The fraction of sp³-hybridized carbons (Fsp3) is 0.571. The Balaban J connectivity index is 1.93. The molecule has 0 heterocycles. The molecule has 0 atom stereocenters. The highest BCUT2D eigenvalue weighted by Gasteiger charge is 2.28. The predicted molar refractivity (Wildman–Crippen MR) is 72.3 cm³/mol. The van der Waals surface area contributed by atoms with Crippen molar-refractivity contribution < 1.29 is 0 Å². The van der Waals surface area contributed by atoms with Crippen molar-refractivity contribution in [3.8, 4) is 0 Å². The lowest BCUT2D eigenvalue weighted by molar-refractivity contribution is 0.307.